The molecule has 0 aromatic heterocycles. The van der Waals surface area contributed by atoms with E-state index in [0.717, 1.165) is 6.42 Å². The monoisotopic (exact) mass is 260 g/mol. The first-order valence-corrected chi connectivity index (χ1v) is 6.51. The smallest absolute Gasteiger partial charge is 0.396 e. The molecule has 6 heteroatoms. The Morgan fingerprint density at radius 1 is 1.24 bits per heavy atom. The van der Waals surface area contributed by atoms with E-state index >= 15 is 0 Å². The second kappa shape index (κ2) is 8.17. The van der Waals surface area contributed by atoms with E-state index < -0.39 is 7.82 Å². The zero-order chi connectivity index (χ0) is 13.3. The first-order chi connectivity index (χ1) is 7.83. The van der Waals surface area contributed by atoms with Crippen LogP contribution in [0, 0.1) is 0 Å². The molecule has 0 saturated carbocycles. The number of rotatable bonds is 3. The Morgan fingerprint density at radius 2 is 1.71 bits per heavy atom. The fraction of sp³-hybridized carbons (Fsp3) is 0.273. The Kier molecular flexibility index (Phi) is 7.70. The second-order valence-corrected chi connectivity index (χ2v) is 4.41. The second-order valence-electron chi connectivity index (χ2n) is 3.39. The molecule has 4 N–H and O–H groups in total. The van der Waals surface area contributed by atoms with E-state index in [9.17, 15) is 0 Å². The summed E-state index contributed by atoms with van der Waals surface area (Å²) >= 11 is 0. The van der Waals surface area contributed by atoms with E-state index in [0.29, 0.717) is 0 Å². The molecule has 0 aliphatic rings. The van der Waals surface area contributed by atoms with E-state index in [1.54, 1.807) is 0 Å². The van der Waals surface area contributed by atoms with Crippen molar-refractivity contribution in [3.8, 4) is 0 Å². The van der Waals surface area contributed by atoms with Gasteiger partial charge in [-0.2, -0.15) is 0 Å². The molecule has 17 heavy (non-hydrogen) atoms. The Balaban J connectivity index is 0.000000437. The number of hydrogen-bond donors (Lipinski definition) is 4. The van der Waals surface area contributed by atoms with Crippen LogP contribution in [0.25, 0.3) is 6.08 Å². The van der Waals surface area contributed by atoms with Crippen molar-refractivity contribution in [2.24, 2.45) is 0 Å². The van der Waals surface area contributed by atoms with E-state index in [-0.39, 0.29) is 6.61 Å². The number of phosphoric acid groups is 1. The molecule has 0 spiro atoms. The fourth-order valence-corrected chi connectivity index (χ4v) is 1.08. The minimum atomic E-state index is -4.64. The lowest BCUT2D eigenvalue weighted by atomic mass is 10.1. The molecule has 1 aromatic carbocycles. The van der Waals surface area contributed by atoms with Crippen LogP contribution in [0.5, 0.6) is 0 Å². The van der Waals surface area contributed by atoms with Gasteiger partial charge in [0.1, 0.15) is 0 Å². The van der Waals surface area contributed by atoms with Crippen molar-refractivity contribution in [2.45, 2.75) is 13.3 Å². The number of benzene rings is 1. The Morgan fingerprint density at radius 3 is 2.12 bits per heavy atom. The maximum Gasteiger partial charge on any atom is 0.466 e. The lowest BCUT2D eigenvalue weighted by Crippen LogP contribution is -1.83. The zero-order valence-electron chi connectivity index (χ0n) is 9.52. The minimum Gasteiger partial charge on any atom is -0.396 e. The molecule has 0 fully saturated rings. The molecular formula is C11H17O5P. The van der Waals surface area contributed by atoms with Gasteiger partial charge in [0, 0.05) is 6.61 Å². The number of hydrogen-bond acceptors (Lipinski definition) is 2. The SMILES string of the molecule is CC(=Cc1ccccc1)CCO.O=P(O)(O)O. The molecule has 0 bridgehead atoms. The summed E-state index contributed by atoms with van der Waals surface area (Å²) in [5.41, 5.74) is 2.41. The molecule has 96 valence electrons. The van der Waals surface area contributed by atoms with E-state index in [1.165, 1.54) is 11.1 Å². The molecule has 1 rings (SSSR count). The van der Waals surface area contributed by atoms with Gasteiger partial charge in [0.15, 0.2) is 0 Å². The maximum absolute atomic E-state index is 8.88. The van der Waals surface area contributed by atoms with E-state index in [1.807, 2.05) is 25.1 Å². The Bertz CT molecular complexity index is 374. The van der Waals surface area contributed by atoms with E-state index in [2.05, 4.69) is 18.2 Å². The largest absolute Gasteiger partial charge is 0.466 e. The summed E-state index contributed by atoms with van der Waals surface area (Å²) in [4.78, 5) is 21.6. The molecule has 0 atom stereocenters. The normalized spacial score (nSPS) is 11.7. The van der Waals surface area contributed by atoms with Gasteiger partial charge in [-0.25, -0.2) is 4.57 Å². The standard InChI is InChI=1S/C11H14O.H3O4P/c1-10(7-8-12)9-11-5-3-2-4-6-11;1-5(2,3)4/h2-6,9,12H,7-8H2,1H3;(H3,1,2,3,4). The van der Waals surface area contributed by atoms with Gasteiger partial charge in [-0.3, -0.25) is 0 Å². The van der Waals surface area contributed by atoms with Crippen LogP contribution < -0.4 is 0 Å². The molecule has 0 amide bonds. The van der Waals surface area contributed by atoms with Gasteiger partial charge in [-0.15, -0.1) is 0 Å². The molecule has 0 radical (unpaired) electrons. The third-order valence-electron chi connectivity index (χ3n) is 1.72. The molecule has 0 saturated heterocycles. The highest BCUT2D eigenvalue weighted by Crippen LogP contribution is 2.25. The van der Waals surface area contributed by atoms with Crippen LogP contribution in [0.3, 0.4) is 0 Å². The summed E-state index contributed by atoms with van der Waals surface area (Å²) < 4.78 is 8.88. The van der Waals surface area contributed by atoms with Crippen molar-refractivity contribution in [2.75, 3.05) is 6.61 Å². The van der Waals surface area contributed by atoms with Crippen LogP contribution in [0.1, 0.15) is 18.9 Å². The first-order valence-electron chi connectivity index (χ1n) is 4.94. The van der Waals surface area contributed by atoms with Gasteiger partial charge >= 0.3 is 7.82 Å². The van der Waals surface area contributed by atoms with Gasteiger partial charge in [-0.1, -0.05) is 42.0 Å². The maximum atomic E-state index is 8.88. The van der Waals surface area contributed by atoms with Gasteiger partial charge in [0.05, 0.1) is 0 Å². The summed E-state index contributed by atoms with van der Waals surface area (Å²) in [6.45, 7) is 2.26. The van der Waals surface area contributed by atoms with Crippen LogP contribution in [-0.4, -0.2) is 26.4 Å². The van der Waals surface area contributed by atoms with Gasteiger partial charge in [0.2, 0.25) is 0 Å². The first kappa shape index (κ1) is 16.0. The molecule has 0 unspecified atom stereocenters. The van der Waals surface area contributed by atoms with Crippen molar-refractivity contribution >= 4 is 13.9 Å². The van der Waals surface area contributed by atoms with Crippen LogP contribution in [0.15, 0.2) is 35.9 Å². The highest BCUT2D eigenvalue weighted by molar-refractivity contribution is 7.45. The average Bonchev–Trinajstić information content (AvgIpc) is 2.16. The van der Waals surface area contributed by atoms with Gasteiger partial charge < -0.3 is 19.8 Å². The topological polar surface area (TPSA) is 98.0 Å². The highest BCUT2D eigenvalue weighted by atomic mass is 31.2. The van der Waals surface area contributed by atoms with E-state index in [4.69, 9.17) is 24.4 Å². The van der Waals surface area contributed by atoms with Crippen molar-refractivity contribution in [1.82, 2.24) is 0 Å². The lowest BCUT2D eigenvalue weighted by molar-refractivity contribution is 0.275. The fourth-order valence-electron chi connectivity index (χ4n) is 1.08. The van der Waals surface area contributed by atoms with Gasteiger partial charge in [-0.05, 0) is 18.9 Å². The Hall–Kier alpha value is -0.970. The molecule has 0 aliphatic heterocycles. The number of aliphatic hydroxyl groups excluding tert-OH is 1. The van der Waals surface area contributed by atoms with Crippen LogP contribution >= 0.6 is 7.82 Å². The molecule has 0 aliphatic carbocycles. The summed E-state index contributed by atoms with van der Waals surface area (Å²) in [5.74, 6) is 0. The van der Waals surface area contributed by atoms with Crippen molar-refractivity contribution < 1.29 is 24.4 Å². The lowest BCUT2D eigenvalue weighted by Gasteiger charge is -1.97. The van der Waals surface area contributed by atoms with Crippen molar-refractivity contribution in [3.05, 3.63) is 41.5 Å². The van der Waals surface area contributed by atoms with Crippen molar-refractivity contribution in [1.29, 1.82) is 0 Å². The zero-order valence-corrected chi connectivity index (χ0v) is 10.4. The summed E-state index contributed by atoms with van der Waals surface area (Å²) in [6, 6.07) is 10.1. The average molecular weight is 260 g/mol. The summed E-state index contributed by atoms with van der Waals surface area (Å²) in [5, 5.41) is 8.67. The highest BCUT2D eigenvalue weighted by Gasteiger charge is 2.00. The Labute approximate surface area is 100 Å². The van der Waals surface area contributed by atoms with Crippen molar-refractivity contribution in [3.63, 3.8) is 0 Å². The summed E-state index contributed by atoms with van der Waals surface area (Å²) in [6.07, 6.45) is 2.85. The minimum absolute atomic E-state index is 0.231. The van der Waals surface area contributed by atoms with Crippen LogP contribution in [-0.2, 0) is 4.57 Å². The summed E-state index contributed by atoms with van der Waals surface area (Å²) in [7, 11) is -4.64. The van der Waals surface area contributed by atoms with Crippen LogP contribution in [0.4, 0.5) is 0 Å². The molecule has 0 heterocycles. The third-order valence-corrected chi connectivity index (χ3v) is 1.72. The van der Waals surface area contributed by atoms with Crippen LogP contribution in [0.2, 0.25) is 0 Å². The molecular weight excluding hydrogens is 243 g/mol. The molecule has 5 nitrogen and oxygen atoms in total. The predicted octanol–water partition coefficient (Wildman–Crippen LogP) is 1.54. The number of aliphatic hydroxyl groups is 1. The third kappa shape index (κ3) is 13.0. The molecule has 1 aromatic rings. The predicted molar refractivity (Wildman–Crippen MR) is 66.1 cm³/mol. The van der Waals surface area contributed by atoms with Gasteiger partial charge in [0.25, 0.3) is 0 Å². The quantitative estimate of drug-likeness (QED) is 0.618.